The van der Waals surface area contributed by atoms with Crippen molar-refractivity contribution in [3.05, 3.63) is 95.1 Å². The molecule has 246 valence electrons. The fourth-order valence-electron chi connectivity index (χ4n) is 5.87. The van der Waals surface area contributed by atoms with Gasteiger partial charge in [-0.2, -0.15) is 0 Å². The van der Waals surface area contributed by atoms with Gasteiger partial charge in [0.25, 0.3) is 0 Å². The van der Waals surface area contributed by atoms with E-state index in [0.29, 0.717) is 30.6 Å². The number of halogens is 2. The maximum absolute atomic E-state index is 14.2. The Labute approximate surface area is 268 Å². The summed E-state index contributed by atoms with van der Waals surface area (Å²) in [5.74, 6) is -2.57. The number of nitrogens with zero attached hydrogens (tertiary/aromatic N) is 5. The van der Waals surface area contributed by atoms with Crippen LogP contribution in [0, 0.1) is 11.6 Å². The number of phenols is 1. The molecule has 2 aliphatic heterocycles. The molecule has 5 rings (SSSR count). The predicted molar refractivity (Wildman–Crippen MR) is 171 cm³/mol. The van der Waals surface area contributed by atoms with Crippen LogP contribution in [0.5, 0.6) is 5.75 Å². The number of hydrogen-bond donors (Lipinski definition) is 2. The SMILES string of the molecule is CCCN1CC(=O)N2C(CN(Cc3cc(F)c(F)cc3N(C)C)C(=O)[C@@H]2Cc2ccc(O)cc2)N1C=O.CNCc1ccccc1. The summed E-state index contributed by atoms with van der Waals surface area (Å²) in [7, 11) is 5.34. The zero-order valence-electron chi connectivity index (χ0n) is 26.7. The van der Waals surface area contributed by atoms with Crippen LogP contribution in [-0.2, 0) is 33.9 Å². The fourth-order valence-corrected chi connectivity index (χ4v) is 5.87. The number of amides is 3. The van der Waals surface area contributed by atoms with Gasteiger partial charge in [0.1, 0.15) is 18.0 Å². The molecule has 2 fully saturated rings. The number of aromatic hydroxyl groups is 1. The second kappa shape index (κ2) is 15.6. The minimum Gasteiger partial charge on any atom is -0.508 e. The van der Waals surface area contributed by atoms with Gasteiger partial charge in [0.05, 0.1) is 13.1 Å². The van der Waals surface area contributed by atoms with Crippen molar-refractivity contribution in [1.82, 2.24) is 25.1 Å². The Bertz CT molecular complexity index is 1490. The van der Waals surface area contributed by atoms with Gasteiger partial charge in [0, 0.05) is 51.9 Å². The molecule has 1 unspecified atom stereocenters. The highest BCUT2D eigenvalue weighted by molar-refractivity contribution is 5.91. The molecule has 2 saturated heterocycles. The molecule has 3 amide bonds. The van der Waals surface area contributed by atoms with Gasteiger partial charge in [-0.05, 0) is 48.4 Å². The number of hydrogen-bond acceptors (Lipinski definition) is 7. The summed E-state index contributed by atoms with van der Waals surface area (Å²) in [6, 6.07) is 17.9. The molecule has 0 spiro atoms. The highest BCUT2D eigenvalue weighted by Gasteiger charge is 2.49. The minimum atomic E-state index is -1.02. The third kappa shape index (κ3) is 7.99. The molecule has 2 heterocycles. The Morgan fingerprint density at radius 2 is 1.67 bits per heavy atom. The fraction of sp³-hybridized carbons (Fsp3) is 0.382. The zero-order valence-corrected chi connectivity index (χ0v) is 26.7. The second-order valence-electron chi connectivity index (χ2n) is 11.6. The number of rotatable bonds is 10. The lowest BCUT2D eigenvalue weighted by Gasteiger charge is -2.54. The van der Waals surface area contributed by atoms with Crippen LogP contribution >= 0.6 is 0 Å². The van der Waals surface area contributed by atoms with E-state index in [2.05, 4.69) is 17.4 Å². The van der Waals surface area contributed by atoms with Crippen molar-refractivity contribution in [2.75, 3.05) is 45.7 Å². The van der Waals surface area contributed by atoms with Crippen molar-refractivity contribution < 1.29 is 28.3 Å². The average Bonchev–Trinajstić information content (AvgIpc) is 3.03. The van der Waals surface area contributed by atoms with Gasteiger partial charge in [-0.1, -0.05) is 49.4 Å². The van der Waals surface area contributed by atoms with E-state index in [-0.39, 0.29) is 43.6 Å². The van der Waals surface area contributed by atoms with Gasteiger partial charge in [-0.25, -0.2) is 13.8 Å². The van der Waals surface area contributed by atoms with E-state index in [4.69, 9.17) is 0 Å². The van der Waals surface area contributed by atoms with Gasteiger partial charge < -0.3 is 25.1 Å². The second-order valence-corrected chi connectivity index (χ2v) is 11.6. The van der Waals surface area contributed by atoms with Crippen LogP contribution in [0.25, 0.3) is 0 Å². The van der Waals surface area contributed by atoms with E-state index >= 15 is 0 Å². The molecule has 3 aromatic rings. The predicted octanol–water partition coefficient (Wildman–Crippen LogP) is 3.35. The van der Waals surface area contributed by atoms with E-state index < -0.39 is 23.8 Å². The lowest BCUT2D eigenvalue weighted by molar-refractivity contribution is -0.200. The maximum Gasteiger partial charge on any atom is 0.246 e. The molecular formula is C34H42F2N6O4. The van der Waals surface area contributed by atoms with Crippen molar-refractivity contribution >= 4 is 23.9 Å². The Kier molecular flexibility index (Phi) is 11.7. The molecule has 2 aliphatic rings. The summed E-state index contributed by atoms with van der Waals surface area (Å²) >= 11 is 0. The minimum absolute atomic E-state index is 0.0153. The largest absolute Gasteiger partial charge is 0.508 e. The van der Waals surface area contributed by atoms with E-state index in [9.17, 15) is 28.3 Å². The summed E-state index contributed by atoms with van der Waals surface area (Å²) in [5.41, 5.74) is 2.88. The number of anilines is 1. The maximum atomic E-state index is 14.2. The topological polar surface area (TPSA) is 99.7 Å². The van der Waals surface area contributed by atoms with Gasteiger partial charge >= 0.3 is 0 Å². The van der Waals surface area contributed by atoms with Crippen molar-refractivity contribution in [1.29, 1.82) is 0 Å². The molecule has 0 aliphatic carbocycles. The zero-order chi connectivity index (χ0) is 33.4. The van der Waals surface area contributed by atoms with Crippen molar-refractivity contribution in [2.24, 2.45) is 0 Å². The molecule has 0 aromatic heterocycles. The number of carbonyl (C=O) groups is 3. The first kappa shape index (κ1) is 34.3. The highest BCUT2D eigenvalue weighted by Crippen LogP contribution is 2.31. The Morgan fingerprint density at radius 1 is 1.00 bits per heavy atom. The van der Waals surface area contributed by atoms with E-state index in [1.165, 1.54) is 32.5 Å². The standard InChI is InChI=1S/C26H31F2N5O4.C8H11N/c1-4-9-31-15-25(36)33-23(10-17-5-7-19(35)8-6-17)26(37)30(14-24(33)32(31)16-34)13-18-11-20(27)21(28)12-22(18)29(2)3;1-9-7-8-5-3-2-4-6-8/h5-8,11-12,16,23-24,35H,4,9-10,13-15H2,1-3H3;2-6,9H,7H2,1H3/t23-,24?;/m0./s1. The van der Waals surface area contributed by atoms with E-state index in [1.807, 2.05) is 32.2 Å². The molecule has 10 nitrogen and oxygen atoms in total. The van der Waals surface area contributed by atoms with Gasteiger partial charge in [0.2, 0.25) is 18.2 Å². The van der Waals surface area contributed by atoms with Crippen LogP contribution in [0.1, 0.15) is 30.0 Å². The summed E-state index contributed by atoms with van der Waals surface area (Å²) in [6.45, 7) is 3.34. The van der Waals surface area contributed by atoms with Crippen LogP contribution in [0.4, 0.5) is 14.5 Å². The molecule has 0 bridgehead atoms. The molecule has 46 heavy (non-hydrogen) atoms. The molecule has 0 saturated carbocycles. The van der Waals surface area contributed by atoms with Crippen LogP contribution in [0.15, 0.2) is 66.7 Å². The van der Waals surface area contributed by atoms with Crippen LogP contribution in [0.2, 0.25) is 0 Å². The van der Waals surface area contributed by atoms with Gasteiger partial charge in [-0.3, -0.25) is 19.4 Å². The highest BCUT2D eigenvalue weighted by atomic mass is 19.2. The van der Waals surface area contributed by atoms with Gasteiger partial charge in [-0.15, -0.1) is 0 Å². The third-order valence-electron chi connectivity index (χ3n) is 8.02. The number of hydrazine groups is 1. The molecule has 2 N–H and O–H groups in total. The lowest BCUT2D eigenvalue weighted by atomic mass is 9.98. The molecule has 0 radical (unpaired) electrons. The summed E-state index contributed by atoms with van der Waals surface area (Å²) in [6.07, 6.45) is 0.786. The number of nitrogens with one attached hydrogen (secondary N) is 1. The van der Waals surface area contributed by atoms with Crippen molar-refractivity contribution in [3.8, 4) is 5.75 Å². The molecule has 12 heteroatoms. The Balaban J connectivity index is 0.000000459. The summed E-state index contributed by atoms with van der Waals surface area (Å²) in [4.78, 5) is 43.9. The first-order valence-electron chi connectivity index (χ1n) is 15.3. The van der Waals surface area contributed by atoms with Crippen LogP contribution in [-0.4, -0.2) is 96.1 Å². The molecule has 2 atom stereocenters. The smallest absolute Gasteiger partial charge is 0.246 e. The first-order valence-corrected chi connectivity index (χ1v) is 15.3. The van der Waals surface area contributed by atoms with E-state index in [1.54, 1.807) is 36.1 Å². The normalized spacial score (nSPS) is 18.2. The van der Waals surface area contributed by atoms with Crippen molar-refractivity contribution in [2.45, 2.75) is 45.1 Å². The monoisotopic (exact) mass is 636 g/mol. The van der Waals surface area contributed by atoms with Crippen LogP contribution < -0.4 is 10.2 Å². The van der Waals surface area contributed by atoms with Crippen molar-refractivity contribution in [3.63, 3.8) is 0 Å². The average molecular weight is 637 g/mol. The quantitative estimate of drug-likeness (QED) is 0.330. The lowest BCUT2D eigenvalue weighted by Crippen LogP contribution is -2.74. The number of carbonyl (C=O) groups excluding carboxylic acids is 3. The number of fused-ring (bicyclic) bond motifs is 1. The third-order valence-corrected chi connectivity index (χ3v) is 8.02. The molecular weight excluding hydrogens is 594 g/mol. The number of benzene rings is 3. The van der Waals surface area contributed by atoms with Gasteiger partial charge in [0.15, 0.2) is 11.6 Å². The summed E-state index contributed by atoms with van der Waals surface area (Å²) < 4.78 is 28.2. The van der Waals surface area contributed by atoms with E-state index in [0.717, 1.165) is 24.2 Å². The number of piperazine rings is 1. The Hall–Kier alpha value is -4.55. The Morgan fingerprint density at radius 3 is 2.28 bits per heavy atom. The van der Waals surface area contributed by atoms with Crippen LogP contribution in [0.3, 0.4) is 0 Å². The first-order chi connectivity index (χ1) is 22.1. The number of phenolic OH excluding ortho intramolecular Hbond substituents is 1. The summed E-state index contributed by atoms with van der Waals surface area (Å²) in [5, 5.41) is 15.9. The molecule has 3 aromatic carbocycles.